The van der Waals surface area contributed by atoms with Crippen molar-refractivity contribution in [2.45, 2.75) is 33.7 Å². The van der Waals surface area contributed by atoms with Crippen LogP contribution in [0.15, 0.2) is 48.5 Å². The lowest BCUT2D eigenvalue weighted by Gasteiger charge is -2.26. The Bertz CT molecular complexity index is 623. The third-order valence-corrected chi connectivity index (χ3v) is 3.98. The Labute approximate surface area is 139 Å². The first-order valence-electron chi connectivity index (χ1n) is 7.77. The van der Waals surface area contributed by atoms with Crippen molar-refractivity contribution >= 4 is 23.0 Å². The molecule has 0 aliphatic carbocycles. The van der Waals surface area contributed by atoms with E-state index < -0.39 is 0 Å². The zero-order valence-corrected chi connectivity index (χ0v) is 14.4. The zero-order chi connectivity index (χ0) is 15.9. The Kier molecular flexibility index (Phi) is 5.96. The fourth-order valence-electron chi connectivity index (χ4n) is 2.47. The van der Waals surface area contributed by atoms with Crippen LogP contribution in [0.5, 0.6) is 0 Å². The van der Waals surface area contributed by atoms with Crippen molar-refractivity contribution in [1.82, 2.24) is 4.90 Å². The minimum Gasteiger partial charge on any atom is -0.345 e. The molecule has 0 amide bonds. The number of nitrogens with one attached hydrogen (secondary N) is 1. The second-order valence-corrected chi connectivity index (χ2v) is 6.04. The van der Waals surface area contributed by atoms with Crippen LogP contribution >= 0.6 is 12.2 Å². The maximum atomic E-state index is 5.63. The van der Waals surface area contributed by atoms with Gasteiger partial charge >= 0.3 is 0 Å². The van der Waals surface area contributed by atoms with Gasteiger partial charge in [-0.15, -0.1) is 0 Å². The molecule has 22 heavy (non-hydrogen) atoms. The van der Waals surface area contributed by atoms with E-state index in [0.717, 1.165) is 30.3 Å². The summed E-state index contributed by atoms with van der Waals surface area (Å²) in [6.07, 6.45) is 1.07. The molecule has 116 valence electrons. The molecular weight excluding hydrogens is 288 g/mol. The quantitative estimate of drug-likeness (QED) is 0.790. The molecule has 0 saturated carbocycles. The lowest BCUT2D eigenvalue weighted by molar-refractivity contribution is 0.418. The van der Waals surface area contributed by atoms with E-state index in [1.165, 1.54) is 16.7 Å². The topological polar surface area (TPSA) is 15.3 Å². The lowest BCUT2D eigenvalue weighted by atomic mass is 10.1. The summed E-state index contributed by atoms with van der Waals surface area (Å²) in [5.41, 5.74) is 4.85. The Morgan fingerprint density at radius 3 is 2.45 bits per heavy atom. The third-order valence-electron chi connectivity index (χ3n) is 3.62. The van der Waals surface area contributed by atoms with Crippen molar-refractivity contribution in [1.29, 1.82) is 0 Å². The molecular formula is C19H24N2S. The Balaban J connectivity index is 2.09. The van der Waals surface area contributed by atoms with Gasteiger partial charge in [0.05, 0.1) is 0 Å². The summed E-state index contributed by atoms with van der Waals surface area (Å²) in [4.78, 5) is 2.23. The normalized spacial score (nSPS) is 10.3. The van der Waals surface area contributed by atoms with Crippen molar-refractivity contribution < 1.29 is 0 Å². The van der Waals surface area contributed by atoms with E-state index in [4.69, 9.17) is 12.2 Å². The molecule has 3 heteroatoms. The fraction of sp³-hybridized carbons (Fsp3) is 0.316. The summed E-state index contributed by atoms with van der Waals surface area (Å²) in [7, 11) is 0. The number of thiocarbonyl (C=S) groups is 1. The zero-order valence-electron chi connectivity index (χ0n) is 13.6. The summed E-state index contributed by atoms with van der Waals surface area (Å²) in [5.74, 6) is 0. The standard InChI is InChI=1S/C19H24N2S/c1-4-12-21(14-17-8-6-5-7-9-17)19(22)20-18-11-10-15(2)13-16(18)3/h5-11,13H,4,12,14H2,1-3H3,(H,20,22). The molecule has 2 aromatic rings. The first-order valence-corrected chi connectivity index (χ1v) is 8.18. The van der Waals surface area contributed by atoms with E-state index in [1.807, 2.05) is 6.07 Å². The van der Waals surface area contributed by atoms with E-state index in [9.17, 15) is 0 Å². The van der Waals surface area contributed by atoms with Crippen LogP contribution in [-0.4, -0.2) is 16.6 Å². The van der Waals surface area contributed by atoms with Crippen molar-refractivity contribution in [3.05, 3.63) is 65.2 Å². The molecule has 2 rings (SSSR count). The number of hydrogen-bond donors (Lipinski definition) is 1. The molecule has 0 spiro atoms. The van der Waals surface area contributed by atoms with Gasteiger partial charge in [-0.25, -0.2) is 0 Å². The van der Waals surface area contributed by atoms with Crippen molar-refractivity contribution in [2.75, 3.05) is 11.9 Å². The second-order valence-electron chi connectivity index (χ2n) is 5.66. The average molecular weight is 312 g/mol. The highest BCUT2D eigenvalue weighted by Gasteiger charge is 2.10. The van der Waals surface area contributed by atoms with Gasteiger partial charge in [0.25, 0.3) is 0 Å². The fourth-order valence-corrected chi connectivity index (χ4v) is 2.74. The summed E-state index contributed by atoms with van der Waals surface area (Å²) >= 11 is 5.63. The molecule has 0 aliphatic heterocycles. The molecule has 2 nitrogen and oxygen atoms in total. The van der Waals surface area contributed by atoms with Crippen molar-refractivity contribution in [3.8, 4) is 0 Å². The molecule has 0 aromatic heterocycles. The monoisotopic (exact) mass is 312 g/mol. The van der Waals surface area contributed by atoms with Crippen molar-refractivity contribution in [3.63, 3.8) is 0 Å². The lowest BCUT2D eigenvalue weighted by Crippen LogP contribution is -2.35. The highest BCUT2D eigenvalue weighted by Crippen LogP contribution is 2.17. The minimum absolute atomic E-state index is 0.789. The van der Waals surface area contributed by atoms with E-state index >= 15 is 0 Å². The van der Waals surface area contributed by atoms with Crippen molar-refractivity contribution in [2.24, 2.45) is 0 Å². The van der Waals surface area contributed by atoms with E-state index in [1.54, 1.807) is 0 Å². The van der Waals surface area contributed by atoms with Gasteiger partial charge < -0.3 is 10.2 Å². The van der Waals surface area contributed by atoms with Crippen LogP contribution in [0.2, 0.25) is 0 Å². The SMILES string of the molecule is CCCN(Cc1ccccc1)C(=S)Nc1ccc(C)cc1C. The van der Waals surface area contributed by atoms with E-state index in [-0.39, 0.29) is 0 Å². The Morgan fingerprint density at radius 1 is 1.09 bits per heavy atom. The maximum Gasteiger partial charge on any atom is 0.173 e. The molecule has 1 N–H and O–H groups in total. The molecule has 0 aliphatic rings. The number of rotatable bonds is 5. The van der Waals surface area contributed by atoms with Gasteiger partial charge in [-0.05, 0) is 49.7 Å². The van der Waals surface area contributed by atoms with E-state index in [2.05, 4.69) is 73.5 Å². The van der Waals surface area contributed by atoms with Crippen LogP contribution in [0.3, 0.4) is 0 Å². The molecule has 0 fully saturated rings. The van der Waals surface area contributed by atoms with Crippen LogP contribution < -0.4 is 5.32 Å². The van der Waals surface area contributed by atoms with Crippen LogP contribution in [0, 0.1) is 13.8 Å². The Hall–Kier alpha value is -1.87. The van der Waals surface area contributed by atoms with E-state index in [0.29, 0.717) is 0 Å². The third kappa shape index (κ3) is 4.57. The van der Waals surface area contributed by atoms with Crippen LogP contribution in [0.1, 0.15) is 30.0 Å². The molecule has 2 aromatic carbocycles. The van der Waals surface area contributed by atoms with Gasteiger partial charge in [-0.1, -0.05) is 55.0 Å². The van der Waals surface area contributed by atoms with Crippen LogP contribution in [0.25, 0.3) is 0 Å². The maximum absolute atomic E-state index is 5.63. The van der Waals surface area contributed by atoms with Gasteiger partial charge in [0.15, 0.2) is 5.11 Å². The number of aryl methyl sites for hydroxylation is 2. The first kappa shape index (κ1) is 16.5. The molecule has 0 unspecified atom stereocenters. The van der Waals surface area contributed by atoms with Gasteiger partial charge in [-0.2, -0.15) is 0 Å². The number of nitrogens with zero attached hydrogens (tertiary/aromatic N) is 1. The second kappa shape index (κ2) is 7.95. The van der Waals surface area contributed by atoms with Gasteiger partial charge in [0, 0.05) is 18.8 Å². The molecule has 0 heterocycles. The van der Waals surface area contributed by atoms with Gasteiger partial charge in [0.1, 0.15) is 0 Å². The first-order chi connectivity index (χ1) is 10.6. The predicted molar refractivity (Wildman–Crippen MR) is 99.3 cm³/mol. The van der Waals surface area contributed by atoms with Crippen LogP contribution in [-0.2, 0) is 6.54 Å². The van der Waals surface area contributed by atoms with Gasteiger partial charge in [-0.3, -0.25) is 0 Å². The van der Waals surface area contributed by atoms with Gasteiger partial charge in [0.2, 0.25) is 0 Å². The predicted octanol–water partition coefficient (Wildman–Crippen LogP) is 4.91. The average Bonchev–Trinajstić information content (AvgIpc) is 2.50. The highest BCUT2D eigenvalue weighted by atomic mass is 32.1. The molecule has 0 atom stereocenters. The van der Waals surface area contributed by atoms with Crippen LogP contribution in [0.4, 0.5) is 5.69 Å². The minimum atomic E-state index is 0.789. The largest absolute Gasteiger partial charge is 0.345 e. The molecule has 0 bridgehead atoms. The number of anilines is 1. The summed E-state index contributed by atoms with van der Waals surface area (Å²) in [6.45, 7) is 8.18. The summed E-state index contributed by atoms with van der Waals surface area (Å²) in [6, 6.07) is 16.8. The molecule has 0 saturated heterocycles. The molecule has 0 radical (unpaired) electrons. The summed E-state index contributed by atoms with van der Waals surface area (Å²) < 4.78 is 0. The number of benzene rings is 2. The summed E-state index contributed by atoms with van der Waals surface area (Å²) in [5, 5.41) is 4.19. The highest BCUT2D eigenvalue weighted by molar-refractivity contribution is 7.80. The number of hydrogen-bond acceptors (Lipinski definition) is 1. The Morgan fingerprint density at radius 2 is 1.82 bits per heavy atom. The smallest absolute Gasteiger partial charge is 0.173 e.